The Balaban J connectivity index is 2.29. The highest BCUT2D eigenvalue weighted by molar-refractivity contribution is 7.16. The van der Waals surface area contributed by atoms with Crippen LogP contribution in [-0.4, -0.2) is 56.5 Å². The molecular weight excluding hydrogens is 725 g/mol. The summed E-state index contributed by atoms with van der Waals surface area (Å²) >= 11 is 8.53. The fourth-order valence-electron chi connectivity index (χ4n) is 11.1. The molecule has 0 atom stereocenters. The average Bonchev–Trinajstić information content (AvgIpc) is 2.86. The van der Waals surface area contributed by atoms with Crippen molar-refractivity contribution in [3.8, 4) is 0 Å². The van der Waals surface area contributed by atoms with Crippen molar-refractivity contribution in [3.05, 3.63) is 99.6 Å². The van der Waals surface area contributed by atoms with Crippen LogP contribution in [0.4, 0.5) is 0 Å². The molecule has 1 aliphatic rings. The molecule has 0 aliphatic heterocycles. The molecule has 8 heteroatoms. The molecule has 4 rings (SSSR count). The van der Waals surface area contributed by atoms with Crippen LogP contribution in [0, 0.1) is 0 Å². The molecule has 0 N–H and O–H groups in total. The van der Waals surface area contributed by atoms with E-state index in [1.54, 1.807) is 21.9 Å². The summed E-state index contributed by atoms with van der Waals surface area (Å²) in [6.45, 7) is 47.9. The van der Waals surface area contributed by atoms with Gasteiger partial charge in [-0.05, 0) is 66.0 Å². The lowest BCUT2D eigenvalue weighted by atomic mass is 9.85. The molecule has 269 valence electrons. The number of rotatable bonds is 11. The van der Waals surface area contributed by atoms with Gasteiger partial charge in [0, 0.05) is 54.0 Å². The van der Waals surface area contributed by atoms with Gasteiger partial charge in [-0.25, -0.2) is 0 Å². The predicted octanol–water partition coefficient (Wildman–Crippen LogP) is 12.9. The SMILES string of the molecule is C[Si](C)(C)C(c1cc(C([Si](C)(C)C)[Si](C)(C)C)c([Si](Cl)C2c3ccccc3Cc3ccccc32)c(C([Si](C)(C)C)[Si](C)(C)C)c1)[Si](C)(C)C. The molecule has 0 heterocycles. The highest BCUT2D eigenvalue weighted by Crippen LogP contribution is 2.47. The molecule has 0 nitrogen and oxygen atoms in total. The summed E-state index contributed by atoms with van der Waals surface area (Å²) in [5.74, 6) is 0. The quantitative estimate of drug-likeness (QED) is 0.134. The van der Waals surface area contributed by atoms with Gasteiger partial charge in [0.1, 0.15) is 0 Å². The van der Waals surface area contributed by atoms with Gasteiger partial charge in [-0.2, -0.15) is 11.1 Å². The van der Waals surface area contributed by atoms with Crippen LogP contribution >= 0.6 is 11.1 Å². The predicted molar refractivity (Wildman–Crippen MR) is 244 cm³/mol. The number of hydrogen-bond donors (Lipinski definition) is 0. The summed E-state index contributed by atoms with van der Waals surface area (Å²) in [6.07, 6.45) is 1.01. The maximum atomic E-state index is 8.53. The van der Waals surface area contributed by atoms with Crippen LogP contribution in [0.3, 0.4) is 0 Å². The molecule has 1 radical (unpaired) electrons. The Kier molecular flexibility index (Phi) is 11.8. The molecule has 0 amide bonds. The average molecular weight is 795 g/mol. The lowest BCUT2D eigenvalue weighted by Gasteiger charge is -2.47. The van der Waals surface area contributed by atoms with E-state index in [1.165, 1.54) is 22.3 Å². The van der Waals surface area contributed by atoms with Crippen molar-refractivity contribution in [3.63, 3.8) is 0 Å². The van der Waals surface area contributed by atoms with E-state index >= 15 is 0 Å². The second-order valence-corrected chi connectivity index (χ2v) is 58.5. The summed E-state index contributed by atoms with van der Waals surface area (Å²) in [4.78, 5) is 0. The fraction of sp³-hybridized carbons (Fsp3) is 0.561. The highest BCUT2D eigenvalue weighted by Gasteiger charge is 2.49. The minimum atomic E-state index is -1.67. The number of hydrogen-bond acceptors (Lipinski definition) is 0. The molecule has 0 fully saturated rings. The molecule has 3 aromatic rings. The van der Waals surface area contributed by atoms with E-state index in [0.717, 1.165) is 6.42 Å². The molecule has 0 saturated carbocycles. The summed E-state index contributed by atoms with van der Waals surface area (Å²) in [5.41, 5.74) is 11.3. The standard InChI is InChI=1S/C41H70ClSi7/c1-44(2,3)39(45(4,5)6)32-28-35(40(46(7,8)9)47(10,11)12)38(36(29-32)41(48(13,14)15)49(16,17)18)43(42)37-33-25-21-19-23-30(33)27-31-24-20-22-26-34(31)37/h19-26,28-29,37,39-41H,27H2,1-18H3. The molecular formula is C41H70ClSi7. The Labute approximate surface area is 315 Å². The van der Waals surface area contributed by atoms with Crippen molar-refractivity contribution in [2.45, 2.75) is 145 Å². The van der Waals surface area contributed by atoms with Crippen molar-refractivity contribution in [1.82, 2.24) is 0 Å². The van der Waals surface area contributed by atoms with E-state index in [9.17, 15) is 0 Å². The lowest BCUT2D eigenvalue weighted by Crippen LogP contribution is -2.55. The van der Waals surface area contributed by atoms with E-state index in [4.69, 9.17) is 11.1 Å². The smallest absolute Gasteiger partial charge is 0.162 e. The third kappa shape index (κ3) is 8.82. The Bertz CT molecular complexity index is 1500. The maximum Gasteiger partial charge on any atom is 0.212 e. The first-order chi connectivity index (χ1) is 22.1. The second-order valence-electron chi connectivity index (χ2n) is 21.9. The van der Waals surface area contributed by atoms with Crippen LogP contribution in [0.1, 0.15) is 60.0 Å². The molecule has 1 aliphatic carbocycles. The zero-order chi connectivity index (χ0) is 37.3. The zero-order valence-electron chi connectivity index (χ0n) is 34.7. The van der Waals surface area contributed by atoms with Crippen molar-refractivity contribution >= 4 is 72.8 Å². The Hall–Kier alpha value is -0.532. The monoisotopic (exact) mass is 793 g/mol. The van der Waals surface area contributed by atoms with Crippen LogP contribution in [0.25, 0.3) is 0 Å². The molecule has 0 aromatic heterocycles. The van der Waals surface area contributed by atoms with E-state index in [2.05, 4.69) is 179 Å². The minimum Gasteiger partial charge on any atom is -0.162 e. The van der Waals surface area contributed by atoms with Gasteiger partial charge in [-0.1, -0.05) is 179 Å². The normalized spacial score (nSPS) is 15.4. The molecule has 0 bridgehead atoms. The van der Waals surface area contributed by atoms with Gasteiger partial charge in [0.05, 0.1) is 0 Å². The first-order valence-corrected chi connectivity index (χ1v) is 43.0. The van der Waals surface area contributed by atoms with E-state index < -0.39 is 56.5 Å². The Morgan fingerprint density at radius 1 is 0.490 bits per heavy atom. The van der Waals surface area contributed by atoms with Gasteiger partial charge in [0.25, 0.3) is 0 Å². The number of fused-ring (bicyclic) bond motifs is 2. The molecule has 0 saturated heterocycles. The van der Waals surface area contributed by atoms with Crippen LogP contribution in [0.5, 0.6) is 0 Å². The van der Waals surface area contributed by atoms with Crippen molar-refractivity contribution in [1.29, 1.82) is 0 Å². The third-order valence-corrected chi connectivity index (χ3v) is 42.3. The maximum absolute atomic E-state index is 8.53. The first-order valence-electron chi connectivity index (χ1n) is 18.9. The molecule has 49 heavy (non-hydrogen) atoms. The van der Waals surface area contributed by atoms with Gasteiger partial charge in [-0.3, -0.25) is 0 Å². The van der Waals surface area contributed by atoms with Crippen LogP contribution < -0.4 is 5.19 Å². The van der Waals surface area contributed by atoms with Crippen molar-refractivity contribution in [2.75, 3.05) is 0 Å². The topological polar surface area (TPSA) is 0 Å². The van der Waals surface area contributed by atoms with Gasteiger partial charge >= 0.3 is 0 Å². The zero-order valence-corrected chi connectivity index (χ0v) is 42.4. The molecule has 3 aromatic carbocycles. The lowest BCUT2D eigenvalue weighted by molar-refractivity contribution is 0.965. The van der Waals surface area contributed by atoms with E-state index in [-0.39, 0.29) is 5.54 Å². The van der Waals surface area contributed by atoms with Crippen molar-refractivity contribution < 1.29 is 0 Å². The molecule has 0 spiro atoms. The largest absolute Gasteiger partial charge is 0.212 e. The summed E-state index contributed by atoms with van der Waals surface area (Å²) < 4.78 is 0. The van der Waals surface area contributed by atoms with Gasteiger partial charge in [0.15, 0.2) is 0 Å². The van der Waals surface area contributed by atoms with Gasteiger partial charge in [0.2, 0.25) is 8.11 Å². The fourth-order valence-corrected chi connectivity index (χ4v) is 53.6. The Morgan fingerprint density at radius 2 is 0.796 bits per heavy atom. The summed E-state index contributed by atoms with van der Waals surface area (Å²) in [6, 6.07) is 24.3. The van der Waals surface area contributed by atoms with E-state index in [1.807, 2.05) is 0 Å². The van der Waals surface area contributed by atoms with Crippen LogP contribution in [0.15, 0.2) is 60.7 Å². The van der Waals surface area contributed by atoms with Crippen LogP contribution in [-0.2, 0) is 6.42 Å². The Morgan fingerprint density at radius 3 is 1.10 bits per heavy atom. The summed E-state index contributed by atoms with van der Waals surface area (Å²) in [5, 5.41) is 3.66. The summed E-state index contributed by atoms with van der Waals surface area (Å²) in [7, 11) is -11.4. The molecule has 0 unspecified atom stereocenters. The second kappa shape index (κ2) is 14.0. The highest BCUT2D eigenvalue weighted by atomic mass is 35.6. The van der Waals surface area contributed by atoms with Gasteiger partial charge < -0.3 is 0 Å². The van der Waals surface area contributed by atoms with Crippen LogP contribution in [0.2, 0.25) is 118 Å². The first kappa shape index (κ1) is 41.2. The van der Waals surface area contributed by atoms with E-state index in [0.29, 0.717) is 15.5 Å². The number of benzene rings is 3. The van der Waals surface area contributed by atoms with Gasteiger partial charge in [-0.15, -0.1) is 0 Å². The third-order valence-electron chi connectivity index (χ3n) is 11.0. The minimum absolute atomic E-state index is 0.244. The van der Waals surface area contributed by atoms with Crippen molar-refractivity contribution in [2.24, 2.45) is 0 Å². The number of halogens is 1.